The molecule has 1 heterocycles. The molecular weight excluding hydrogens is 174 g/mol. The number of nitrogens with zero attached hydrogens (tertiary/aromatic N) is 1. The highest BCUT2D eigenvalue weighted by Gasteiger charge is 2.37. The number of rotatable bonds is 4. The minimum absolute atomic E-state index is 0.381. The van der Waals surface area contributed by atoms with Gasteiger partial charge in [-0.15, -0.1) is 0 Å². The third-order valence-electron chi connectivity index (χ3n) is 3.60. The summed E-state index contributed by atoms with van der Waals surface area (Å²) < 4.78 is 0. The highest BCUT2D eigenvalue weighted by atomic mass is 16.1. The Morgan fingerprint density at radius 2 is 2.21 bits per heavy atom. The van der Waals surface area contributed by atoms with E-state index < -0.39 is 0 Å². The normalized spacial score (nSPS) is 30.4. The van der Waals surface area contributed by atoms with Gasteiger partial charge in [-0.25, -0.2) is 0 Å². The summed E-state index contributed by atoms with van der Waals surface area (Å²) in [7, 11) is 0. The molecule has 2 fully saturated rings. The number of carbonyl (C=O) groups excluding carboxylic acids is 1. The van der Waals surface area contributed by atoms with E-state index in [0.29, 0.717) is 17.7 Å². The Labute approximate surface area is 86.7 Å². The maximum absolute atomic E-state index is 11.8. The van der Waals surface area contributed by atoms with Gasteiger partial charge in [-0.2, -0.15) is 0 Å². The second-order valence-electron chi connectivity index (χ2n) is 4.71. The summed E-state index contributed by atoms with van der Waals surface area (Å²) in [6.45, 7) is 4.69. The molecule has 0 aromatic rings. The van der Waals surface area contributed by atoms with Crippen LogP contribution in [0.3, 0.4) is 0 Å². The van der Waals surface area contributed by atoms with Crippen LogP contribution >= 0.6 is 0 Å². The average molecular weight is 195 g/mol. The topological polar surface area (TPSA) is 20.1 Å². The Morgan fingerprint density at radius 3 is 2.79 bits per heavy atom. The molecule has 2 heteroatoms. The van der Waals surface area contributed by atoms with Gasteiger partial charge in [0.15, 0.2) is 0 Å². The van der Waals surface area contributed by atoms with Crippen LogP contribution in [0.5, 0.6) is 0 Å². The van der Waals surface area contributed by atoms with Crippen LogP contribution in [0.4, 0.5) is 0 Å². The van der Waals surface area contributed by atoms with Crippen LogP contribution in [0.1, 0.15) is 45.4 Å². The smallest absolute Gasteiger partial charge is 0.137 e. The number of carbonyl (C=O) groups is 1. The maximum atomic E-state index is 11.8. The molecule has 0 bridgehead atoms. The summed E-state index contributed by atoms with van der Waals surface area (Å²) in [5.41, 5.74) is 0. The maximum Gasteiger partial charge on any atom is 0.137 e. The second kappa shape index (κ2) is 4.43. The Balaban J connectivity index is 1.96. The van der Waals surface area contributed by atoms with Crippen LogP contribution in [0.25, 0.3) is 0 Å². The van der Waals surface area contributed by atoms with Gasteiger partial charge in [-0.1, -0.05) is 19.8 Å². The molecule has 0 aromatic carbocycles. The number of hydrogen-bond acceptors (Lipinski definition) is 2. The lowest BCUT2D eigenvalue weighted by Gasteiger charge is -2.29. The van der Waals surface area contributed by atoms with Crippen molar-refractivity contribution in [3.63, 3.8) is 0 Å². The molecular formula is C12H21NO. The van der Waals surface area contributed by atoms with Gasteiger partial charge >= 0.3 is 0 Å². The summed E-state index contributed by atoms with van der Waals surface area (Å²) >= 11 is 0. The van der Waals surface area contributed by atoms with Gasteiger partial charge in [-0.3, -0.25) is 9.69 Å². The molecule has 0 spiro atoms. The fourth-order valence-corrected chi connectivity index (χ4v) is 2.74. The SMILES string of the molecule is CCC[C@H]([C@H]1CCCCC1=O)N1CC1. The van der Waals surface area contributed by atoms with Crippen molar-refractivity contribution in [3.05, 3.63) is 0 Å². The molecule has 2 rings (SSSR count). The number of Topliss-reactive ketones (excluding diaryl/α,β-unsaturated/α-hetero) is 1. The minimum Gasteiger partial charge on any atom is -0.299 e. The molecule has 2 atom stereocenters. The van der Waals surface area contributed by atoms with Crippen LogP contribution in [-0.2, 0) is 4.79 Å². The van der Waals surface area contributed by atoms with E-state index >= 15 is 0 Å². The van der Waals surface area contributed by atoms with E-state index in [2.05, 4.69) is 11.8 Å². The van der Waals surface area contributed by atoms with E-state index in [-0.39, 0.29) is 0 Å². The van der Waals surface area contributed by atoms with Gasteiger partial charge < -0.3 is 0 Å². The van der Waals surface area contributed by atoms with E-state index in [9.17, 15) is 4.79 Å². The molecule has 1 aliphatic carbocycles. The van der Waals surface area contributed by atoms with Crippen LogP contribution < -0.4 is 0 Å². The number of hydrogen-bond donors (Lipinski definition) is 0. The Morgan fingerprint density at radius 1 is 1.43 bits per heavy atom. The molecule has 0 N–H and O–H groups in total. The van der Waals surface area contributed by atoms with Gasteiger partial charge in [0.1, 0.15) is 5.78 Å². The highest BCUT2D eigenvalue weighted by Crippen LogP contribution is 2.31. The molecule has 0 aromatic heterocycles. The van der Waals surface area contributed by atoms with Crippen molar-refractivity contribution in [1.82, 2.24) is 4.90 Å². The van der Waals surface area contributed by atoms with Crippen LogP contribution in [0.15, 0.2) is 0 Å². The molecule has 2 nitrogen and oxygen atoms in total. The van der Waals surface area contributed by atoms with E-state index in [1.807, 2.05) is 0 Å². The standard InChI is InChI=1S/C12H21NO/c1-2-5-11(13-8-9-13)10-6-3-4-7-12(10)14/h10-11H,2-9H2,1H3/t10-,11-/m1/s1. The fraction of sp³-hybridized carbons (Fsp3) is 0.917. The minimum atomic E-state index is 0.381. The van der Waals surface area contributed by atoms with E-state index in [0.717, 1.165) is 19.3 Å². The quantitative estimate of drug-likeness (QED) is 0.641. The van der Waals surface area contributed by atoms with Crippen molar-refractivity contribution in [1.29, 1.82) is 0 Å². The average Bonchev–Trinajstić information content (AvgIpc) is 2.99. The van der Waals surface area contributed by atoms with Crippen molar-refractivity contribution in [2.45, 2.75) is 51.5 Å². The van der Waals surface area contributed by atoms with Crippen LogP contribution in [0.2, 0.25) is 0 Å². The third-order valence-corrected chi connectivity index (χ3v) is 3.60. The predicted octanol–water partition coefficient (Wildman–Crippen LogP) is 2.23. The zero-order valence-corrected chi connectivity index (χ0v) is 9.17. The summed E-state index contributed by atoms with van der Waals surface area (Å²) in [5, 5.41) is 0. The fourth-order valence-electron chi connectivity index (χ4n) is 2.74. The molecule has 0 unspecified atom stereocenters. The van der Waals surface area contributed by atoms with Gasteiger partial charge in [0.2, 0.25) is 0 Å². The van der Waals surface area contributed by atoms with Crippen molar-refractivity contribution < 1.29 is 4.79 Å². The lowest BCUT2D eigenvalue weighted by Crippen LogP contribution is -2.36. The van der Waals surface area contributed by atoms with Crippen LogP contribution in [0, 0.1) is 5.92 Å². The van der Waals surface area contributed by atoms with E-state index in [1.165, 1.54) is 32.4 Å². The molecule has 14 heavy (non-hydrogen) atoms. The lowest BCUT2D eigenvalue weighted by molar-refractivity contribution is -0.126. The van der Waals surface area contributed by atoms with Crippen molar-refractivity contribution >= 4 is 5.78 Å². The van der Waals surface area contributed by atoms with Crippen molar-refractivity contribution in [2.75, 3.05) is 13.1 Å². The zero-order chi connectivity index (χ0) is 9.97. The Bertz CT molecular complexity index is 210. The summed E-state index contributed by atoms with van der Waals surface area (Å²) in [6.07, 6.45) is 6.83. The first kappa shape index (κ1) is 10.2. The van der Waals surface area contributed by atoms with Crippen LogP contribution in [-0.4, -0.2) is 29.8 Å². The summed E-state index contributed by atoms with van der Waals surface area (Å²) in [5.74, 6) is 0.924. The van der Waals surface area contributed by atoms with Gasteiger partial charge in [0.05, 0.1) is 0 Å². The molecule has 1 saturated carbocycles. The molecule has 0 amide bonds. The molecule has 1 saturated heterocycles. The number of ketones is 1. The lowest BCUT2D eigenvalue weighted by atomic mass is 9.81. The predicted molar refractivity (Wildman–Crippen MR) is 57.2 cm³/mol. The largest absolute Gasteiger partial charge is 0.299 e. The summed E-state index contributed by atoms with van der Waals surface area (Å²) in [4.78, 5) is 14.3. The highest BCUT2D eigenvalue weighted by molar-refractivity contribution is 5.82. The van der Waals surface area contributed by atoms with Crippen molar-refractivity contribution in [2.24, 2.45) is 5.92 Å². The van der Waals surface area contributed by atoms with Crippen molar-refractivity contribution in [3.8, 4) is 0 Å². The van der Waals surface area contributed by atoms with E-state index in [4.69, 9.17) is 0 Å². The monoisotopic (exact) mass is 195 g/mol. The van der Waals surface area contributed by atoms with Gasteiger partial charge in [0, 0.05) is 31.5 Å². The first-order chi connectivity index (χ1) is 6.83. The molecule has 80 valence electrons. The Kier molecular flexibility index (Phi) is 3.22. The Hall–Kier alpha value is -0.370. The third kappa shape index (κ3) is 2.17. The van der Waals surface area contributed by atoms with E-state index in [1.54, 1.807) is 0 Å². The zero-order valence-electron chi connectivity index (χ0n) is 9.17. The second-order valence-corrected chi connectivity index (χ2v) is 4.71. The van der Waals surface area contributed by atoms with Gasteiger partial charge in [0.25, 0.3) is 0 Å². The molecule has 2 aliphatic rings. The first-order valence-electron chi connectivity index (χ1n) is 6.09. The molecule has 0 radical (unpaired) electrons. The van der Waals surface area contributed by atoms with Gasteiger partial charge in [-0.05, 0) is 19.3 Å². The molecule has 1 aliphatic heterocycles. The summed E-state index contributed by atoms with van der Waals surface area (Å²) in [6, 6.07) is 0.591. The first-order valence-corrected chi connectivity index (χ1v) is 6.09.